The van der Waals surface area contributed by atoms with Crippen molar-refractivity contribution >= 4 is 50.5 Å². The number of fused-ring (bicyclic) bond motifs is 1. The van der Waals surface area contributed by atoms with Gasteiger partial charge in [0, 0.05) is 21.7 Å². The van der Waals surface area contributed by atoms with E-state index < -0.39 is 6.04 Å². The molecule has 0 radical (unpaired) electrons. The van der Waals surface area contributed by atoms with Gasteiger partial charge in [-0.25, -0.2) is 4.98 Å². The molecular weight excluding hydrogens is 568 g/mol. The van der Waals surface area contributed by atoms with Gasteiger partial charge in [-0.2, -0.15) is 5.10 Å². The number of nitrogens with one attached hydrogen (secondary N) is 2. The van der Waals surface area contributed by atoms with Gasteiger partial charge in [0.2, 0.25) is 11.8 Å². The average molecular weight is 600 g/mol. The molecule has 4 heterocycles. The number of ether oxygens (including phenoxy) is 1. The lowest BCUT2D eigenvalue weighted by molar-refractivity contribution is -0.118. The third-order valence-corrected chi connectivity index (χ3v) is 8.93. The molecule has 0 saturated heterocycles. The second-order valence-electron chi connectivity index (χ2n) is 10.4. The molecule has 2 aliphatic carbocycles. The van der Waals surface area contributed by atoms with E-state index in [1.54, 1.807) is 12.4 Å². The number of pyridine rings is 1. The molecule has 3 aliphatic rings. The van der Waals surface area contributed by atoms with Crippen LogP contribution in [0.3, 0.4) is 0 Å². The average Bonchev–Trinajstić information content (AvgIpc) is 3.26. The molecule has 0 spiro atoms. The topological polar surface area (TPSA) is 101 Å². The van der Waals surface area contributed by atoms with Crippen molar-refractivity contribution in [3.05, 3.63) is 51.0 Å². The third-order valence-electron chi connectivity index (χ3n) is 7.43. The number of halogens is 1. The van der Waals surface area contributed by atoms with E-state index in [9.17, 15) is 9.59 Å². The summed E-state index contributed by atoms with van der Waals surface area (Å²) in [6, 6.07) is 5.70. The smallest absolute Gasteiger partial charge is 0.262 e. The maximum Gasteiger partial charge on any atom is 0.262 e. The number of hydrogen-bond acceptors (Lipinski definition) is 7. The fourth-order valence-electron chi connectivity index (χ4n) is 5.28. The molecule has 38 heavy (non-hydrogen) atoms. The first-order chi connectivity index (χ1) is 18.5. The van der Waals surface area contributed by atoms with Crippen LogP contribution in [0.15, 0.2) is 41.3 Å². The number of amides is 2. The SMILES string of the molecule is O=C(N[C@@H](CC1CCCC1)C(=O)Nc1cnn(C2CC2)c1)c1ccc(CN2CCOc3ncc(Br)cc32)s1. The Bertz CT molecular complexity index is 1320. The molecule has 2 amide bonds. The van der Waals surface area contributed by atoms with Crippen LogP contribution in [0.1, 0.15) is 65.5 Å². The molecule has 1 atom stereocenters. The van der Waals surface area contributed by atoms with Crippen LogP contribution in [0.2, 0.25) is 0 Å². The van der Waals surface area contributed by atoms with Gasteiger partial charge in [-0.1, -0.05) is 25.7 Å². The minimum atomic E-state index is -0.588. The molecule has 0 unspecified atom stereocenters. The van der Waals surface area contributed by atoms with Crippen LogP contribution in [0.5, 0.6) is 5.88 Å². The van der Waals surface area contributed by atoms with Gasteiger partial charge in [0.25, 0.3) is 5.91 Å². The summed E-state index contributed by atoms with van der Waals surface area (Å²) in [5, 5.41) is 10.4. The second-order valence-corrected chi connectivity index (χ2v) is 12.4. The Labute approximate surface area is 234 Å². The van der Waals surface area contributed by atoms with Gasteiger partial charge in [-0.3, -0.25) is 14.3 Å². The van der Waals surface area contributed by atoms with E-state index in [1.165, 1.54) is 24.2 Å². The lowest BCUT2D eigenvalue weighted by atomic mass is 9.97. The molecule has 2 fully saturated rings. The number of aromatic nitrogens is 3. The van der Waals surface area contributed by atoms with Crippen molar-refractivity contribution in [2.24, 2.45) is 5.92 Å². The van der Waals surface area contributed by atoms with Gasteiger partial charge < -0.3 is 20.3 Å². The Hall–Kier alpha value is -2.92. The predicted molar refractivity (Wildman–Crippen MR) is 150 cm³/mol. The zero-order valence-electron chi connectivity index (χ0n) is 21.1. The first kappa shape index (κ1) is 25.4. The highest BCUT2D eigenvalue weighted by Gasteiger charge is 2.29. The predicted octanol–water partition coefficient (Wildman–Crippen LogP) is 5.15. The first-order valence-corrected chi connectivity index (χ1v) is 14.9. The molecule has 3 aromatic rings. The summed E-state index contributed by atoms with van der Waals surface area (Å²) < 4.78 is 8.50. The molecule has 2 N–H and O–H groups in total. The summed E-state index contributed by atoms with van der Waals surface area (Å²) in [4.78, 5) is 34.8. The number of thiophene rings is 1. The van der Waals surface area contributed by atoms with Crippen LogP contribution in [0.4, 0.5) is 11.4 Å². The summed E-state index contributed by atoms with van der Waals surface area (Å²) >= 11 is 4.95. The molecular formula is C27H31BrN6O3S. The van der Waals surface area contributed by atoms with Crippen LogP contribution in [0, 0.1) is 5.92 Å². The van der Waals surface area contributed by atoms with Crippen molar-refractivity contribution in [1.82, 2.24) is 20.1 Å². The highest BCUT2D eigenvalue weighted by atomic mass is 79.9. The van der Waals surface area contributed by atoms with Gasteiger partial charge in [0.15, 0.2) is 0 Å². The largest absolute Gasteiger partial charge is 0.474 e. The summed E-state index contributed by atoms with van der Waals surface area (Å²) in [5.74, 6) is 0.686. The molecule has 1 aliphatic heterocycles. The van der Waals surface area contributed by atoms with Crippen LogP contribution in [-0.4, -0.2) is 45.8 Å². The number of hydrogen-bond donors (Lipinski definition) is 2. The molecule has 0 aromatic carbocycles. The Kier molecular flexibility index (Phi) is 7.38. The number of nitrogens with zero attached hydrogens (tertiary/aromatic N) is 4. The zero-order chi connectivity index (χ0) is 26.1. The minimum absolute atomic E-state index is 0.180. The molecule has 6 rings (SSSR count). The van der Waals surface area contributed by atoms with E-state index in [1.807, 2.05) is 29.1 Å². The fraction of sp³-hybridized carbons (Fsp3) is 0.481. The Morgan fingerprint density at radius 3 is 2.84 bits per heavy atom. The number of rotatable bonds is 9. The molecule has 3 aromatic heterocycles. The maximum absolute atomic E-state index is 13.3. The van der Waals surface area contributed by atoms with Crippen LogP contribution < -0.4 is 20.3 Å². The monoisotopic (exact) mass is 598 g/mol. The van der Waals surface area contributed by atoms with Gasteiger partial charge in [0.05, 0.1) is 35.9 Å². The second kappa shape index (κ2) is 11.1. The van der Waals surface area contributed by atoms with Gasteiger partial charge in [-0.05, 0) is 59.3 Å². The van der Waals surface area contributed by atoms with Gasteiger partial charge >= 0.3 is 0 Å². The summed E-state index contributed by atoms with van der Waals surface area (Å²) in [7, 11) is 0. The summed E-state index contributed by atoms with van der Waals surface area (Å²) in [6.45, 7) is 1.97. The lowest BCUT2D eigenvalue weighted by Crippen LogP contribution is -2.44. The number of carbonyl (C=O) groups excluding carboxylic acids is 2. The summed E-state index contributed by atoms with van der Waals surface area (Å²) in [5.41, 5.74) is 1.61. The van der Waals surface area contributed by atoms with Crippen molar-refractivity contribution in [2.75, 3.05) is 23.4 Å². The fourth-order valence-corrected chi connectivity index (χ4v) is 6.52. The Morgan fingerprint density at radius 1 is 1.18 bits per heavy atom. The quantitative estimate of drug-likeness (QED) is 0.353. The Morgan fingerprint density at radius 2 is 2.03 bits per heavy atom. The van der Waals surface area contributed by atoms with Crippen LogP contribution in [0.25, 0.3) is 0 Å². The van der Waals surface area contributed by atoms with Gasteiger partial charge in [0.1, 0.15) is 18.3 Å². The summed E-state index contributed by atoms with van der Waals surface area (Å²) in [6.07, 6.45) is 12.8. The lowest BCUT2D eigenvalue weighted by Gasteiger charge is -2.30. The first-order valence-electron chi connectivity index (χ1n) is 13.3. The van der Waals surface area contributed by atoms with Crippen molar-refractivity contribution in [3.8, 4) is 5.88 Å². The molecule has 200 valence electrons. The zero-order valence-corrected chi connectivity index (χ0v) is 23.5. The highest BCUT2D eigenvalue weighted by Crippen LogP contribution is 2.35. The third kappa shape index (κ3) is 5.88. The standard InChI is InChI=1S/C27H31BrN6O3S/c28-18-12-23-27(29-13-18)37-10-9-33(23)16-21-7-8-24(38-21)26(36)32-22(11-17-3-1-2-4-17)25(35)31-19-14-30-34(15-19)20-5-6-20/h7-8,12-15,17,20,22H,1-6,9-11,16H2,(H,31,35)(H,32,36)/t22-/m0/s1. The molecule has 9 nitrogen and oxygen atoms in total. The van der Waals surface area contributed by atoms with Crippen LogP contribution in [-0.2, 0) is 11.3 Å². The van der Waals surface area contributed by atoms with Crippen molar-refractivity contribution in [3.63, 3.8) is 0 Å². The molecule has 0 bridgehead atoms. The van der Waals surface area contributed by atoms with Crippen molar-refractivity contribution in [1.29, 1.82) is 0 Å². The van der Waals surface area contributed by atoms with Gasteiger partial charge in [-0.15, -0.1) is 11.3 Å². The minimum Gasteiger partial charge on any atom is -0.474 e. The van der Waals surface area contributed by atoms with E-state index >= 15 is 0 Å². The van der Waals surface area contributed by atoms with E-state index in [2.05, 4.69) is 41.5 Å². The Balaban J connectivity index is 1.12. The van der Waals surface area contributed by atoms with E-state index in [0.29, 0.717) is 48.0 Å². The van der Waals surface area contributed by atoms with Crippen molar-refractivity contribution < 1.29 is 14.3 Å². The van der Waals surface area contributed by atoms with E-state index in [0.717, 1.165) is 47.3 Å². The van der Waals surface area contributed by atoms with Crippen molar-refractivity contribution in [2.45, 2.75) is 63.6 Å². The van der Waals surface area contributed by atoms with Crippen LogP contribution >= 0.6 is 27.3 Å². The normalized spacial score (nSPS) is 18.1. The molecule has 2 saturated carbocycles. The maximum atomic E-state index is 13.3. The number of carbonyl (C=O) groups is 2. The highest BCUT2D eigenvalue weighted by molar-refractivity contribution is 9.10. The van der Waals surface area contributed by atoms with E-state index in [4.69, 9.17) is 4.74 Å². The number of anilines is 2. The van der Waals surface area contributed by atoms with E-state index in [-0.39, 0.29) is 11.8 Å². The molecule has 11 heteroatoms.